The second kappa shape index (κ2) is 11.7. The first kappa shape index (κ1) is 25.2. The predicted octanol–water partition coefficient (Wildman–Crippen LogP) is 7.54. The second-order valence-electron chi connectivity index (χ2n) is 9.34. The number of benzene rings is 4. The monoisotopic (exact) mass is 482 g/mol. The van der Waals surface area contributed by atoms with Crippen molar-refractivity contribution in [2.75, 3.05) is 0 Å². The summed E-state index contributed by atoms with van der Waals surface area (Å²) in [7, 11) is 0.509. The highest BCUT2D eigenvalue weighted by Gasteiger charge is 2.30. The fourth-order valence-corrected chi connectivity index (χ4v) is 6.15. The summed E-state index contributed by atoms with van der Waals surface area (Å²) in [5.74, 6) is 0.942. The molecule has 0 amide bonds. The van der Waals surface area contributed by atoms with Crippen LogP contribution in [0.2, 0.25) is 0 Å². The van der Waals surface area contributed by atoms with Gasteiger partial charge in [0.2, 0.25) is 0 Å². The predicted molar refractivity (Wildman–Crippen MR) is 149 cm³/mol. The summed E-state index contributed by atoms with van der Waals surface area (Å²) < 4.78 is 6.45. The molecule has 180 valence electrons. The summed E-state index contributed by atoms with van der Waals surface area (Å²) in [5.41, 5.74) is 6.00. The van der Waals surface area contributed by atoms with Gasteiger partial charge in [0.15, 0.2) is 0 Å². The van der Waals surface area contributed by atoms with Crippen LogP contribution in [0.25, 0.3) is 0 Å². The van der Waals surface area contributed by atoms with Gasteiger partial charge in [0.05, 0.1) is 6.10 Å². The van der Waals surface area contributed by atoms with Crippen molar-refractivity contribution in [3.05, 3.63) is 131 Å². The van der Waals surface area contributed by atoms with Gasteiger partial charge in [0.1, 0.15) is 12.4 Å². The molecular weight excluding hydrogens is 447 g/mol. The largest absolute Gasteiger partial charge is 0.489 e. The highest BCUT2D eigenvalue weighted by Crippen LogP contribution is 2.48. The van der Waals surface area contributed by atoms with Gasteiger partial charge >= 0.3 is 0 Å². The SMILES string of the molecule is CCC(C)(Pc1ccccc1C(C)O)c1cc(Cc2ccccc2)ccc1OCc1ccccc1. The van der Waals surface area contributed by atoms with Gasteiger partial charge in [-0.25, -0.2) is 0 Å². The van der Waals surface area contributed by atoms with Crippen LogP contribution in [0.15, 0.2) is 103 Å². The molecule has 3 unspecified atom stereocenters. The lowest BCUT2D eigenvalue weighted by molar-refractivity contribution is 0.200. The smallest absolute Gasteiger partial charge is 0.123 e. The fraction of sp³-hybridized carbons (Fsp3) is 0.250. The molecule has 4 rings (SSSR count). The highest BCUT2D eigenvalue weighted by atomic mass is 31.1. The van der Waals surface area contributed by atoms with E-state index in [1.165, 1.54) is 22.0 Å². The summed E-state index contributed by atoms with van der Waals surface area (Å²) in [6.45, 7) is 6.98. The number of ether oxygens (including phenoxy) is 1. The van der Waals surface area contributed by atoms with Crippen molar-refractivity contribution in [3.8, 4) is 5.75 Å². The lowest BCUT2D eigenvalue weighted by atomic mass is 9.93. The third-order valence-electron chi connectivity index (χ3n) is 6.66. The van der Waals surface area contributed by atoms with E-state index in [-0.39, 0.29) is 5.16 Å². The van der Waals surface area contributed by atoms with Crippen LogP contribution in [0.1, 0.15) is 61.1 Å². The van der Waals surface area contributed by atoms with Gasteiger partial charge in [-0.3, -0.25) is 0 Å². The minimum Gasteiger partial charge on any atom is -0.489 e. The molecule has 2 nitrogen and oxygen atoms in total. The third kappa shape index (κ3) is 6.40. The zero-order valence-electron chi connectivity index (χ0n) is 20.9. The quantitative estimate of drug-likeness (QED) is 0.237. The number of hydrogen-bond acceptors (Lipinski definition) is 2. The van der Waals surface area contributed by atoms with Crippen LogP contribution in [-0.4, -0.2) is 5.11 Å². The molecule has 0 aromatic heterocycles. The molecule has 35 heavy (non-hydrogen) atoms. The summed E-state index contributed by atoms with van der Waals surface area (Å²) >= 11 is 0. The third-order valence-corrected chi connectivity index (χ3v) is 8.55. The zero-order valence-corrected chi connectivity index (χ0v) is 21.9. The minimum atomic E-state index is -0.488. The van der Waals surface area contributed by atoms with Crippen molar-refractivity contribution in [2.24, 2.45) is 0 Å². The van der Waals surface area contributed by atoms with Gasteiger partial charge in [-0.2, -0.15) is 0 Å². The Morgan fingerprint density at radius 1 is 0.800 bits per heavy atom. The molecule has 1 N–H and O–H groups in total. The van der Waals surface area contributed by atoms with Gasteiger partial charge < -0.3 is 9.84 Å². The number of aliphatic hydroxyl groups is 1. The molecular formula is C32H35O2P. The van der Waals surface area contributed by atoms with Crippen LogP contribution in [0.4, 0.5) is 0 Å². The number of hydrogen-bond donors (Lipinski definition) is 1. The standard InChI is InChI=1S/C32H35O2P/c1-4-32(3,35-31-18-12-11-17-28(31)24(2)33)29-22-27(21-25-13-7-5-8-14-25)19-20-30(29)34-23-26-15-9-6-10-16-26/h5-20,22,24,33,35H,4,21,23H2,1-3H3. The average Bonchev–Trinajstić information content (AvgIpc) is 2.89. The van der Waals surface area contributed by atoms with Crippen molar-refractivity contribution in [3.63, 3.8) is 0 Å². The fourth-order valence-electron chi connectivity index (χ4n) is 4.43. The lowest BCUT2D eigenvalue weighted by Crippen LogP contribution is -2.22. The molecule has 0 aliphatic rings. The number of rotatable bonds is 10. The van der Waals surface area contributed by atoms with Crippen molar-refractivity contribution in [2.45, 2.75) is 51.5 Å². The van der Waals surface area contributed by atoms with E-state index < -0.39 is 6.10 Å². The second-order valence-corrected chi connectivity index (χ2v) is 11.2. The topological polar surface area (TPSA) is 29.5 Å². The van der Waals surface area contributed by atoms with Crippen molar-refractivity contribution in [1.29, 1.82) is 0 Å². The van der Waals surface area contributed by atoms with E-state index in [1.807, 2.05) is 37.3 Å². The molecule has 0 aliphatic heterocycles. The van der Waals surface area contributed by atoms with Gasteiger partial charge in [-0.05, 0) is 53.4 Å². The van der Waals surface area contributed by atoms with E-state index in [0.29, 0.717) is 15.2 Å². The maximum atomic E-state index is 10.4. The Morgan fingerprint density at radius 2 is 1.43 bits per heavy atom. The maximum absolute atomic E-state index is 10.4. The first-order valence-electron chi connectivity index (χ1n) is 12.4. The molecule has 0 fully saturated rings. The summed E-state index contributed by atoms with van der Waals surface area (Å²) in [5, 5.41) is 11.5. The van der Waals surface area contributed by atoms with E-state index in [1.54, 1.807) is 0 Å². The maximum Gasteiger partial charge on any atom is 0.123 e. The minimum absolute atomic E-state index is 0.121. The molecule has 4 aromatic carbocycles. The van der Waals surface area contributed by atoms with Crippen molar-refractivity contribution in [1.82, 2.24) is 0 Å². The van der Waals surface area contributed by atoms with Gasteiger partial charge in [-0.1, -0.05) is 119 Å². The normalized spacial score (nSPS) is 14.1. The van der Waals surface area contributed by atoms with Crippen LogP contribution in [-0.2, 0) is 18.2 Å². The lowest BCUT2D eigenvalue weighted by Gasteiger charge is -2.32. The summed E-state index contributed by atoms with van der Waals surface area (Å²) in [6, 6.07) is 35.9. The summed E-state index contributed by atoms with van der Waals surface area (Å²) in [6.07, 6.45) is 1.37. The van der Waals surface area contributed by atoms with Crippen LogP contribution in [0.3, 0.4) is 0 Å². The van der Waals surface area contributed by atoms with Crippen LogP contribution in [0.5, 0.6) is 5.75 Å². The molecule has 0 bridgehead atoms. The zero-order chi connectivity index (χ0) is 24.7. The molecule has 3 heteroatoms. The van der Waals surface area contributed by atoms with E-state index in [2.05, 4.69) is 86.6 Å². The summed E-state index contributed by atoms with van der Waals surface area (Å²) in [4.78, 5) is 0. The Kier molecular flexibility index (Phi) is 8.39. The van der Waals surface area contributed by atoms with Crippen LogP contribution < -0.4 is 10.0 Å². The van der Waals surface area contributed by atoms with Crippen molar-refractivity contribution < 1.29 is 9.84 Å². The Labute approximate surface area is 211 Å². The molecule has 0 saturated carbocycles. The van der Waals surface area contributed by atoms with E-state index in [9.17, 15) is 5.11 Å². The highest BCUT2D eigenvalue weighted by molar-refractivity contribution is 7.48. The first-order chi connectivity index (χ1) is 17.0. The van der Waals surface area contributed by atoms with Gasteiger partial charge in [-0.15, -0.1) is 0 Å². The van der Waals surface area contributed by atoms with E-state index >= 15 is 0 Å². The van der Waals surface area contributed by atoms with Gasteiger partial charge in [0, 0.05) is 10.7 Å². The molecule has 0 aliphatic carbocycles. The average molecular weight is 483 g/mol. The number of aliphatic hydroxyl groups excluding tert-OH is 1. The molecule has 0 heterocycles. The Morgan fingerprint density at radius 3 is 2.09 bits per heavy atom. The first-order valence-corrected chi connectivity index (χ1v) is 13.4. The Balaban J connectivity index is 1.72. The van der Waals surface area contributed by atoms with Crippen LogP contribution >= 0.6 is 8.58 Å². The van der Waals surface area contributed by atoms with Crippen LogP contribution in [0, 0.1) is 0 Å². The van der Waals surface area contributed by atoms with E-state index in [0.717, 1.165) is 29.7 Å². The molecule has 0 saturated heterocycles. The Hall–Kier alpha value is -2.93. The van der Waals surface area contributed by atoms with Gasteiger partial charge in [0.25, 0.3) is 0 Å². The Bertz CT molecular complexity index is 1220. The molecule has 3 atom stereocenters. The molecule has 0 spiro atoms. The molecule has 0 radical (unpaired) electrons. The van der Waals surface area contributed by atoms with E-state index in [4.69, 9.17) is 4.74 Å². The molecule has 4 aromatic rings. The van der Waals surface area contributed by atoms with Crippen molar-refractivity contribution >= 4 is 13.9 Å².